The van der Waals surface area contributed by atoms with E-state index < -0.39 is 0 Å². The van der Waals surface area contributed by atoms with Crippen molar-refractivity contribution in [1.82, 2.24) is 9.55 Å². The smallest absolute Gasteiger partial charge is 0.318 e. The first-order chi connectivity index (χ1) is 15.6. The minimum Gasteiger partial charge on any atom is -0.384 e. The number of nitrogens with one attached hydrogen (secondary N) is 1. The van der Waals surface area contributed by atoms with Crippen LogP contribution in [-0.4, -0.2) is 15.5 Å². The van der Waals surface area contributed by atoms with Crippen molar-refractivity contribution in [3.63, 3.8) is 0 Å². The number of hydrogen-bond donors (Lipinski definition) is 1. The van der Waals surface area contributed by atoms with Gasteiger partial charge in [0.2, 0.25) is 0 Å². The van der Waals surface area contributed by atoms with Gasteiger partial charge in [0.05, 0.1) is 10.9 Å². The van der Waals surface area contributed by atoms with Crippen molar-refractivity contribution in [2.75, 3.05) is 5.32 Å². The van der Waals surface area contributed by atoms with Crippen molar-refractivity contribution < 1.29 is 8.98 Å². The molecule has 162 valence electrons. The van der Waals surface area contributed by atoms with Crippen LogP contribution in [0.1, 0.15) is 25.5 Å². The summed E-state index contributed by atoms with van der Waals surface area (Å²) >= 11 is 0.846. The number of rotatable bonds is 7. The summed E-state index contributed by atoms with van der Waals surface area (Å²) < 4.78 is 7.29. The van der Waals surface area contributed by atoms with E-state index in [1.54, 1.807) is 6.07 Å². The molecule has 0 aliphatic heterocycles. The molecule has 2 aromatic heterocycles. The molecule has 0 radical (unpaired) electrons. The van der Waals surface area contributed by atoms with Gasteiger partial charge in [-0.2, -0.15) is 0 Å². The maximum absolute atomic E-state index is 13.2. The van der Waals surface area contributed by atoms with Gasteiger partial charge in [-0.15, -0.1) is 0 Å². The summed E-state index contributed by atoms with van der Waals surface area (Å²) in [5.41, 5.74) is 2.95. The summed E-state index contributed by atoms with van der Waals surface area (Å²) in [5.74, 6) is 0.295. The van der Waals surface area contributed by atoms with E-state index in [0.29, 0.717) is 40.3 Å². The summed E-state index contributed by atoms with van der Waals surface area (Å²) in [7, 11) is 0. The van der Waals surface area contributed by atoms with E-state index >= 15 is 0 Å². The second kappa shape index (κ2) is 9.70. The lowest BCUT2D eigenvalue weighted by Gasteiger charge is -2.19. The Morgan fingerprint density at radius 2 is 1.75 bits per heavy atom. The van der Waals surface area contributed by atoms with Crippen molar-refractivity contribution in [3.8, 4) is 5.69 Å². The highest BCUT2D eigenvalue weighted by Gasteiger charge is 2.18. The number of carbonyl (C=O) groups is 1. The number of nitrogens with zero attached hydrogens (tertiary/aromatic N) is 2. The van der Waals surface area contributed by atoms with Crippen LogP contribution < -0.4 is 10.7 Å². The van der Waals surface area contributed by atoms with Gasteiger partial charge in [0.15, 0.2) is 5.43 Å². The first-order valence-electron chi connectivity index (χ1n) is 10.4. The molecule has 0 aliphatic rings. The Morgan fingerprint density at radius 3 is 2.44 bits per heavy atom. The number of para-hydroxylation sites is 2. The largest absolute Gasteiger partial charge is 0.384 e. The van der Waals surface area contributed by atoms with E-state index in [4.69, 9.17) is 4.18 Å². The average molecular weight is 446 g/mol. The fraction of sp³-hybridized carbons (Fsp3) is 0.160. The van der Waals surface area contributed by atoms with Crippen LogP contribution in [0.25, 0.3) is 16.6 Å². The zero-order chi connectivity index (χ0) is 22.5. The van der Waals surface area contributed by atoms with Gasteiger partial charge in [-0.3, -0.25) is 14.2 Å². The van der Waals surface area contributed by atoms with Crippen molar-refractivity contribution in [1.29, 1.82) is 0 Å². The van der Waals surface area contributed by atoms with Crippen LogP contribution in [0.4, 0.5) is 11.5 Å². The molecule has 6 nitrogen and oxygen atoms in total. The molecule has 0 amide bonds. The van der Waals surface area contributed by atoms with Gasteiger partial charge in [0.1, 0.15) is 22.9 Å². The maximum Gasteiger partial charge on any atom is 0.318 e. The molecular formula is C25H23N3O3S. The number of fused-ring (bicyclic) bond motifs is 1. The van der Waals surface area contributed by atoms with Crippen LogP contribution in [0.5, 0.6) is 0 Å². The minimum absolute atomic E-state index is 0.202. The number of aromatic nitrogens is 2. The van der Waals surface area contributed by atoms with Crippen LogP contribution in [0.2, 0.25) is 0 Å². The molecule has 0 bridgehead atoms. The number of aryl methyl sites for hydroxylation is 1. The molecule has 0 aliphatic carbocycles. The fourth-order valence-electron chi connectivity index (χ4n) is 3.44. The number of carbonyl (C=O) groups excluding carboxylic acids is 1. The Labute approximate surface area is 190 Å². The van der Waals surface area contributed by atoms with E-state index in [9.17, 15) is 9.59 Å². The van der Waals surface area contributed by atoms with Gasteiger partial charge in [0, 0.05) is 29.6 Å². The minimum atomic E-state index is -0.334. The zero-order valence-corrected chi connectivity index (χ0v) is 18.7. The molecule has 0 saturated carbocycles. The molecule has 0 spiro atoms. The van der Waals surface area contributed by atoms with Crippen molar-refractivity contribution in [2.24, 2.45) is 0 Å². The van der Waals surface area contributed by atoms with Crippen LogP contribution in [-0.2, 0) is 8.98 Å². The topological polar surface area (TPSA) is 73.2 Å². The Kier molecular flexibility index (Phi) is 6.56. The summed E-state index contributed by atoms with van der Waals surface area (Å²) in [6.45, 7) is 3.76. The second-order valence-electron chi connectivity index (χ2n) is 7.31. The molecule has 2 aromatic carbocycles. The van der Waals surface area contributed by atoms with Crippen molar-refractivity contribution in [3.05, 3.63) is 88.7 Å². The summed E-state index contributed by atoms with van der Waals surface area (Å²) in [5, 5.41) is 4.15. The number of hydrogen-bond acceptors (Lipinski definition) is 6. The molecular weight excluding hydrogens is 422 g/mol. The molecule has 7 heteroatoms. The second-order valence-corrected chi connectivity index (χ2v) is 8.03. The van der Waals surface area contributed by atoms with Gasteiger partial charge in [-0.25, -0.2) is 4.98 Å². The molecule has 0 saturated heterocycles. The van der Waals surface area contributed by atoms with E-state index in [2.05, 4.69) is 10.3 Å². The standard InChI is InChI=1S/C25H23N3O3S/c1-3-10-23(30)31-32-25-24-20(15-17(2)26-25)28(19-13-8-5-9-14-19)22(16-21(24)29)27-18-11-6-4-7-12-18/h4-9,11-16,27H,3,10H2,1-2H3. The molecule has 32 heavy (non-hydrogen) atoms. The van der Waals surface area contributed by atoms with E-state index in [0.717, 1.165) is 23.4 Å². The number of pyridine rings is 2. The molecule has 0 unspecified atom stereocenters. The van der Waals surface area contributed by atoms with Crippen LogP contribution in [0.15, 0.2) is 82.6 Å². The van der Waals surface area contributed by atoms with Crippen molar-refractivity contribution >= 4 is 40.4 Å². The maximum atomic E-state index is 13.2. The Balaban J connectivity index is 1.92. The van der Waals surface area contributed by atoms with Crippen LogP contribution >= 0.6 is 12.0 Å². The number of anilines is 2. The predicted molar refractivity (Wildman–Crippen MR) is 129 cm³/mol. The first-order valence-corrected chi connectivity index (χ1v) is 11.1. The molecule has 4 aromatic rings. The monoisotopic (exact) mass is 445 g/mol. The molecule has 2 heterocycles. The summed E-state index contributed by atoms with van der Waals surface area (Å²) in [4.78, 5) is 29.6. The summed E-state index contributed by atoms with van der Waals surface area (Å²) in [6, 6.07) is 22.9. The number of benzene rings is 2. The Hall–Kier alpha value is -3.58. The first kappa shape index (κ1) is 21.6. The van der Waals surface area contributed by atoms with Gasteiger partial charge in [0.25, 0.3) is 0 Å². The third kappa shape index (κ3) is 4.68. The van der Waals surface area contributed by atoms with Crippen LogP contribution in [0, 0.1) is 6.92 Å². The molecule has 1 N–H and O–H groups in total. The lowest BCUT2D eigenvalue weighted by molar-refractivity contribution is -0.133. The fourth-order valence-corrected chi connectivity index (χ4v) is 4.16. The highest BCUT2D eigenvalue weighted by atomic mass is 32.2. The lowest BCUT2D eigenvalue weighted by Crippen LogP contribution is -2.14. The van der Waals surface area contributed by atoms with Gasteiger partial charge < -0.3 is 9.50 Å². The van der Waals surface area contributed by atoms with Gasteiger partial charge in [-0.05, 0) is 43.7 Å². The molecule has 0 atom stereocenters. The van der Waals surface area contributed by atoms with E-state index in [1.807, 2.05) is 85.1 Å². The summed E-state index contributed by atoms with van der Waals surface area (Å²) in [6.07, 6.45) is 1.01. The molecule has 0 fully saturated rings. The van der Waals surface area contributed by atoms with Gasteiger partial charge >= 0.3 is 5.97 Å². The Morgan fingerprint density at radius 1 is 1.06 bits per heavy atom. The van der Waals surface area contributed by atoms with E-state index in [-0.39, 0.29) is 11.4 Å². The van der Waals surface area contributed by atoms with Crippen LogP contribution in [0.3, 0.4) is 0 Å². The van der Waals surface area contributed by atoms with Gasteiger partial charge in [-0.1, -0.05) is 43.3 Å². The highest BCUT2D eigenvalue weighted by molar-refractivity contribution is 7.95. The quantitative estimate of drug-likeness (QED) is 0.363. The normalized spacial score (nSPS) is 10.8. The molecule has 4 rings (SSSR count). The third-order valence-corrected chi connectivity index (χ3v) is 5.54. The van der Waals surface area contributed by atoms with E-state index in [1.165, 1.54) is 0 Å². The lowest BCUT2D eigenvalue weighted by atomic mass is 10.2. The Bertz CT molecular complexity index is 1310. The highest BCUT2D eigenvalue weighted by Crippen LogP contribution is 2.31. The predicted octanol–water partition coefficient (Wildman–Crippen LogP) is 5.79. The zero-order valence-electron chi connectivity index (χ0n) is 17.9. The van der Waals surface area contributed by atoms with Crippen molar-refractivity contribution in [2.45, 2.75) is 31.7 Å². The SMILES string of the molecule is CCCC(=O)OSc1nc(C)cc2c1c(=O)cc(Nc1ccccc1)n2-c1ccccc1. The average Bonchev–Trinajstić information content (AvgIpc) is 2.79. The third-order valence-electron chi connectivity index (χ3n) is 4.82.